The van der Waals surface area contributed by atoms with Crippen LogP contribution < -0.4 is 4.90 Å². The summed E-state index contributed by atoms with van der Waals surface area (Å²) in [6.07, 6.45) is -1.41. The van der Waals surface area contributed by atoms with E-state index < -0.39 is 12.6 Å². The van der Waals surface area contributed by atoms with Crippen molar-refractivity contribution in [2.24, 2.45) is 10.8 Å². The lowest BCUT2D eigenvalue weighted by atomic mass is 9.71. The first kappa shape index (κ1) is 19.9. The Kier molecular flexibility index (Phi) is 4.85. The zero-order chi connectivity index (χ0) is 20.2. The number of thiophene rings is 1. The fourth-order valence-electron chi connectivity index (χ4n) is 4.62. The second-order valence-corrected chi connectivity index (χ2v) is 10.7. The minimum atomic E-state index is -4.20. The van der Waals surface area contributed by atoms with E-state index in [0.29, 0.717) is 20.5 Å². The quantitative estimate of drug-likeness (QED) is 0.729. The second-order valence-electron chi connectivity index (χ2n) is 9.61. The van der Waals surface area contributed by atoms with Crippen molar-refractivity contribution >= 4 is 27.4 Å². The number of piperidine rings is 1. The van der Waals surface area contributed by atoms with Crippen LogP contribution in [0.4, 0.5) is 19.0 Å². The highest BCUT2D eigenvalue weighted by atomic mass is 32.1. The van der Waals surface area contributed by atoms with E-state index in [9.17, 15) is 13.2 Å². The molecule has 0 N–H and O–H groups in total. The maximum atomic E-state index is 12.7. The number of likely N-dealkylation sites (tertiary alicyclic amines) is 1. The van der Waals surface area contributed by atoms with E-state index in [0.717, 1.165) is 68.1 Å². The topological polar surface area (TPSA) is 32.3 Å². The molecule has 0 aromatic carbocycles. The van der Waals surface area contributed by atoms with Gasteiger partial charge in [-0.2, -0.15) is 13.2 Å². The van der Waals surface area contributed by atoms with Crippen LogP contribution in [0.3, 0.4) is 0 Å². The summed E-state index contributed by atoms with van der Waals surface area (Å²) in [7, 11) is 0. The number of nitrogens with zero attached hydrogens (tertiary/aromatic N) is 4. The highest BCUT2D eigenvalue weighted by Crippen LogP contribution is 2.43. The fraction of sp³-hybridized carbons (Fsp3) is 0.700. The molecule has 0 atom stereocenters. The molecule has 0 amide bonds. The Morgan fingerprint density at radius 2 is 1.79 bits per heavy atom. The molecule has 2 saturated heterocycles. The van der Waals surface area contributed by atoms with Crippen molar-refractivity contribution in [2.75, 3.05) is 37.6 Å². The molecule has 2 aliphatic heterocycles. The van der Waals surface area contributed by atoms with Crippen LogP contribution >= 0.6 is 11.3 Å². The standard InChI is InChI=1S/C20H27F3N4S/c1-18(2,3)10-26-11-19(12-26)4-6-27(7-5-19)16-15-8-14(9-20(21,22)23)28-17(15)25-13-24-16/h8,13H,4-7,9-12H2,1-3H3. The average Bonchev–Trinajstić information content (AvgIpc) is 2.93. The van der Waals surface area contributed by atoms with Crippen molar-refractivity contribution in [3.63, 3.8) is 0 Å². The number of rotatable bonds is 3. The van der Waals surface area contributed by atoms with E-state index >= 15 is 0 Å². The molecule has 4 heterocycles. The number of aromatic nitrogens is 2. The lowest BCUT2D eigenvalue weighted by Gasteiger charge is -2.55. The van der Waals surface area contributed by atoms with Gasteiger partial charge < -0.3 is 9.80 Å². The van der Waals surface area contributed by atoms with E-state index in [1.165, 1.54) is 6.33 Å². The fourth-order valence-corrected chi connectivity index (χ4v) is 5.64. The maximum absolute atomic E-state index is 12.7. The number of anilines is 1. The lowest BCUT2D eigenvalue weighted by Crippen LogP contribution is -2.61. The summed E-state index contributed by atoms with van der Waals surface area (Å²) in [5.74, 6) is 0.787. The maximum Gasteiger partial charge on any atom is 0.393 e. The highest BCUT2D eigenvalue weighted by Gasteiger charge is 2.45. The molecule has 2 aromatic heterocycles. The third-order valence-corrected chi connectivity index (χ3v) is 6.72. The first-order valence-corrected chi connectivity index (χ1v) is 10.6. The molecule has 1 spiro atoms. The van der Waals surface area contributed by atoms with Gasteiger partial charge in [0.05, 0.1) is 11.8 Å². The van der Waals surface area contributed by atoms with E-state index in [1.807, 2.05) is 0 Å². The SMILES string of the molecule is CC(C)(C)CN1CC2(CCN(c3ncnc4sc(CC(F)(F)F)cc34)CC2)C1. The molecule has 0 aliphatic carbocycles. The number of alkyl halides is 3. The van der Waals surface area contributed by atoms with Gasteiger partial charge in [0, 0.05) is 37.6 Å². The zero-order valence-corrected chi connectivity index (χ0v) is 17.5. The molecular weight excluding hydrogens is 385 g/mol. The Balaban J connectivity index is 1.43. The van der Waals surface area contributed by atoms with Gasteiger partial charge in [-0.3, -0.25) is 0 Å². The molecule has 8 heteroatoms. The Labute approximate surface area is 167 Å². The number of hydrogen-bond donors (Lipinski definition) is 0. The van der Waals surface area contributed by atoms with Crippen molar-refractivity contribution in [1.82, 2.24) is 14.9 Å². The van der Waals surface area contributed by atoms with Gasteiger partial charge in [-0.05, 0) is 29.7 Å². The zero-order valence-electron chi connectivity index (χ0n) is 16.6. The Hall–Kier alpha value is -1.41. The summed E-state index contributed by atoms with van der Waals surface area (Å²) < 4.78 is 38.2. The van der Waals surface area contributed by atoms with Gasteiger partial charge in [-0.1, -0.05) is 20.8 Å². The van der Waals surface area contributed by atoms with Crippen LogP contribution in [0.25, 0.3) is 10.2 Å². The molecule has 2 fully saturated rings. The third-order valence-electron chi connectivity index (χ3n) is 5.67. The molecule has 154 valence electrons. The van der Waals surface area contributed by atoms with E-state index in [-0.39, 0.29) is 0 Å². The van der Waals surface area contributed by atoms with Crippen molar-refractivity contribution in [3.8, 4) is 0 Å². The predicted octanol–water partition coefficient (Wildman–Crippen LogP) is 4.74. The highest BCUT2D eigenvalue weighted by molar-refractivity contribution is 7.18. The molecule has 0 bridgehead atoms. The Morgan fingerprint density at radius 1 is 1.11 bits per heavy atom. The third kappa shape index (κ3) is 4.27. The summed E-state index contributed by atoms with van der Waals surface area (Å²) in [4.78, 5) is 14.3. The first-order chi connectivity index (χ1) is 13.0. The van der Waals surface area contributed by atoms with Gasteiger partial charge in [0.1, 0.15) is 17.0 Å². The van der Waals surface area contributed by atoms with Crippen LogP contribution in [0.15, 0.2) is 12.4 Å². The van der Waals surface area contributed by atoms with Crippen LogP contribution in [-0.4, -0.2) is 53.8 Å². The molecule has 4 rings (SSSR count). The molecule has 4 nitrogen and oxygen atoms in total. The first-order valence-electron chi connectivity index (χ1n) is 9.80. The minimum absolute atomic E-state index is 0.301. The Bertz CT molecular complexity index is 839. The van der Waals surface area contributed by atoms with E-state index in [4.69, 9.17) is 0 Å². The largest absolute Gasteiger partial charge is 0.393 e. The summed E-state index contributed by atoms with van der Waals surface area (Å²) in [6, 6.07) is 1.63. The minimum Gasteiger partial charge on any atom is -0.356 e. The monoisotopic (exact) mass is 412 g/mol. The average molecular weight is 413 g/mol. The predicted molar refractivity (Wildman–Crippen MR) is 107 cm³/mol. The summed E-state index contributed by atoms with van der Waals surface area (Å²) in [6.45, 7) is 12.1. The van der Waals surface area contributed by atoms with Crippen LogP contribution in [-0.2, 0) is 6.42 Å². The Morgan fingerprint density at radius 3 is 2.39 bits per heavy atom. The molecular formula is C20H27F3N4S. The van der Waals surface area contributed by atoms with Gasteiger partial charge in [0.2, 0.25) is 0 Å². The van der Waals surface area contributed by atoms with Gasteiger partial charge in [-0.25, -0.2) is 9.97 Å². The van der Waals surface area contributed by atoms with Gasteiger partial charge in [-0.15, -0.1) is 11.3 Å². The summed E-state index contributed by atoms with van der Waals surface area (Å²) in [5.41, 5.74) is 0.728. The van der Waals surface area contributed by atoms with Gasteiger partial charge in [0.15, 0.2) is 0 Å². The van der Waals surface area contributed by atoms with Crippen molar-refractivity contribution in [1.29, 1.82) is 0 Å². The molecule has 0 unspecified atom stereocenters. The van der Waals surface area contributed by atoms with Crippen molar-refractivity contribution in [2.45, 2.75) is 46.2 Å². The molecule has 2 aromatic rings. The van der Waals surface area contributed by atoms with Gasteiger partial charge in [0.25, 0.3) is 0 Å². The normalized spacial score (nSPS) is 20.7. The van der Waals surface area contributed by atoms with Crippen molar-refractivity contribution < 1.29 is 13.2 Å². The van der Waals surface area contributed by atoms with Crippen LogP contribution in [0.2, 0.25) is 0 Å². The number of fused-ring (bicyclic) bond motifs is 1. The van der Waals surface area contributed by atoms with E-state index in [1.54, 1.807) is 6.07 Å². The summed E-state index contributed by atoms with van der Waals surface area (Å²) >= 11 is 1.12. The molecule has 0 saturated carbocycles. The van der Waals surface area contributed by atoms with Gasteiger partial charge >= 0.3 is 6.18 Å². The van der Waals surface area contributed by atoms with Crippen LogP contribution in [0.5, 0.6) is 0 Å². The molecule has 0 radical (unpaired) electrons. The number of hydrogen-bond acceptors (Lipinski definition) is 5. The summed E-state index contributed by atoms with van der Waals surface area (Å²) in [5, 5.41) is 0.755. The smallest absolute Gasteiger partial charge is 0.356 e. The van der Waals surface area contributed by atoms with E-state index in [2.05, 4.69) is 40.5 Å². The van der Waals surface area contributed by atoms with Crippen molar-refractivity contribution in [3.05, 3.63) is 17.3 Å². The number of halogens is 3. The molecule has 28 heavy (non-hydrogen) atoms. The second kappa shape index (κ2) is 6.83. The lowest BCUT2D eigenvalue weighted by molar-refractivity contribution is -0.126. The van der Waals surface area contributed by atoms with Crippen LogP contribution in [0, 0.1) is 10.8 Å². The van der Waals surface area contributed by atoms with Crippen LogP contribution in [0.1, 0.15) is 38.5 Å². The molecule has 2 aliphatic rings.